The van der Waals surface area contributed by atoms with E-state index in [1.165, 1.54) is 43.0 Å². The Morgan fingerprint density at radius 1 is 1.02 bits per heavy atom. The van der Waals surface area contributed by atoms with Crippen LogP contribution < -0.4 is 19.7 Å². The van der Waals surface area contributed by atoms with Gasteiger partial charge in [0.25, 0.3) is 0 Å². The van der Waals surface area contributed by atoms with Crippen LogP contribution in [0.5, 0.6) is 11.5 Å². The quantitative estimate of drug-likeness (QED) is 0.262. The predicted octanol–water partition coefficient (Wildman–Crippen LogP) is 3.30. The van der Waals surface area contributed by atoms with Gasteiger partial charge in [0, 0.05) is 24.4 Å². The number of hydrogen-bond donors (Lipinski definition) is 1. The summed E-state index contributed by atoms with van der Waals surface area (Å²) < 4.78 is 23.3. The number of anilines is 1. The molecule has 3 aromatic carbocycles. The fraction of sp³-hybridized carbons (Fsp3) is 0.323. The number of carbonyl (C=O) groups excluding carboxylic acids is 3. The molecule has 0 saturated carbocycles. The Kier molecular flexibility index (Phi) is 9.16. The molecule has 0 radical (unpaired) electrons. The second kappa shape index (κ2) is 13.3. The molecule has 1 aliphatic rings. The van der Waals surface area contributed by atoms with Crippen molar-refractivity contribution >= 4 is 34.5 Å². The number of nitrogens with zero attached hydrogens (tertiary/aromatic N) is 4. The van der Waals surface area contributed by atoms with Crippen LogP contribution in [0.1, 0.15) is 34.8 Å². The van der Waals surface area contributed by atoms with Crippen LogP contribution >= 0.6 is 0 Å². The number of para-hydroxylation sites is 2. The molecule has 0 unspecified atom stereocenters. The zero-order valence-corrected chi connectivity index (χ0v) is 24.2. The molecule has 1 N–H and O–H groups in total. The summed E-state index contributed by atoms with van der Waals surface area (Å²) in [5.41, 5.74) is 2.35. The van der Waals surface area contributed by atoms with E-state index in [0.29, 0.717) is 46.0 Å². The number of rotatable bonds is 11. The topological polar surface area (TPSA) is 134 Å². The summed E-state index contributed by atoms with van der Waals surface area (Å²) in [6.07, 6.45) is 1.61. The zero-order valence-electron chi connectivity index (χ0n) is 24.2. The first-order chi connectivity index (χ1) is 20.9. The third kappa shape index (κ3) is 6.28. The zero-order chi connectivity index (χ0) is 30.3. The van der Waals surface area contributed by atoms with E-state index in [1.54, 1.807) is 36.4 Å². The van der Waals surface area contributed by atoms with Crippen LogP contribution in [0.2, 0.25) is 0 Å². The molecule has 0 bridgehead atoms. The van der Waals surface area contributed by atoms with Crippen molar-refractivity contribution in [1.82, 2.24) is 20.3 Å². The summed E-state index contributed by atoms with van der Waals surface area (Å²) in [6.45, 7) is 0.691. The molecule has 2 heterocycles. The number of aromatic nitrogens is 3. The lowest BCUT2D eigenvalue weighted by molar-refractivity contribution is -0.127. The van der Waals surface area contributed by atoms with Gasteiger partial charge in [0.05, 0.1) is 38.5 Å². The minimum absolute atomic E-state index is 0.123. The molecule has 1 saturated heterocycles. The molecule has 12 nitrogen and oxygen atoms in total. The van der Waals surface area contributed by atoms with E-state index in [4.69, 9.17) is 18.9 Å². The van der Waals surface area contributed by atoms with E-state index in [-0.39, 0.29) is 19.2 Å². The summed E-state index contributed by atoms with van der Waals surface area (Å²) in [5, 5.41) is 11.3. The number of amides is 2. The maximum atomic E-state index is 14.3. The molecule has 0 spiro atoms. The number of carbonyl (C=O) groups is 3. The van der Waals surface area contributed by atoms with E-state index in [2.05, 4.69) is 15.6 Å². The Balaban J connectivity index is 1.61. The van der Waals surface area contributed by atoms with E-state index >= 15 is 0 Å². The average molecular weight is 588 g/mol. The molecule has 43 heavy (non-hydrogen) atoms. The molecule has 2 amide bonds. The van der Waals surface area contributed by atoms with Crippen LogP contribution in [-0.2, 0) is 25.6 Å². The minimum atomic E-state index is -1.20. The summed E-state index contributed by atoms with van der Waals surface area (Å²) in [6, 6.07) is 17.5. The first-order valence-corrected chi connectivity index (χ1v) is 13.8. The average Bonchev–Trinajstić information content (AvgIpc) is 3.72. The maximum Gasteiger partial charge on any atom is 0.337 e. The van der Waals surface area contributed by atoms with Crippen LogP contribution in [0.25, 0.3) is 11.0 Å². The Morgan fingerprint density at radius 3 is 2.51 bits per heavy atom. The Labute approximate surface area is 248 Å². The number of benzene rings is 3. The van der Waals surface area contributed by atoms with Crippen LogP contribution in [0, 0.1) is 0 Å². The number of nitrogens with one attached hydrogen (secondary N) is 1. The SMILES string of the molecule is COC(=O)c1ccc(N(C(=O)Cn2nnc3ccccc32)[C@H](C(=O)NC[C@@H]2CCCO2)c2cccc(OC)c2OC)cc1. The van der Waals surface area contributed by atoms with Crippen LogP contribution in [0.4, 0.5) is 5.69 Å². The third-order valence-corrected chi connectivity index (χ3v) is 7.30. The highest BCUT2D eigenvalue weighted by molar-refractivity contribution is 6.02. The van der Waals surface area contributed by atoms with E-state index in [1.807, 2.05) is 18.2 Å². The van der Waals surface area contributed by atoms with Gasteiger partial charge in [-0.1, -0.05) is 29.5 Å². The summed E-state index contributed by atoms with van der Waals surface area (Å²) in [4.78, 5) is 42.0. The normalized spacial score (nSPS) is 15.1. The summed E-state index contributed by atoms with van der Waals surface area (Å²) in [7, 11) is 4.26. The Bertz CT molecular complexity index is 1600. The van der Waals surface area contributed by atoms with Crippen molar-refractivity contribution in [2.75, 3.05) is 39.4 Å². The molecule has 4 aromatic rings. The van der Waals surface area contributed by atoms with Gasteiger partial charge in [-0.2, -0.15) is 0 Å². The monoisotopic (exact) mass is 587 g/mol. The van der Waals surface area contributed by atoms with Gasteiger partial charge in [-0.3, -0.25) is 14.5 Å². The fourth-order valence-electron chi connectivity index (χ4n) is 5.19. The number of fused-ring (bicyclic) bond motifs is 1. The molecule has 1 aromatic heterocycles. The number of methoxy groups -OCH3 is 3. The Hall–Kier alpha value is -4.97. The van der Waals surface area contributed by atoms with Crippen molar-refractivity contribution in [3.05, 3.63) is 77.9 Å². The second-order valence-corrected chi connectivity index (χ2v) is 9.90. The lowest BCUT2D eigenvalue weighted by Crippen LogP contribution is -2.46. The third-order valence-electron chi connectivity index (χ3n) is 7.30. The van der Waals surface area contributed by atoms with Crippen molar-refractivity contribution in [3.63, 3.8) is 0 Å². The molecule has 0 aliphatic carbocycles. The predicted molar refractivity (Wildman–Crippen MR) is 157 cm³/mol. The van der Waals surface area contributed by atoms with E-state index in [9.17, 15) is 14.4 Å². The summed E-state index contributed by atoms with van der Waals surface area (Å²) >= 11 is 0. The van der Waals surface area contributed by atoms with Crippen molar-refractivity contribution in [2.24, 2.45) is 0 Å². The first kappa shape index (κ1) is 29.5. The maximum absolute atomic E-state index is 14.3. The molecule has 1 aliphatic heterocycles. The van der Waals surface area contributed by atoms with Crippen molar-refractivity contribution < 1.29 is 33.3 Å². The molecule has 224 valence electrons. The minimum Gasteiger partial charge on any atom is -0.493 e. The lowest BCUT2D eigenvalue weighted by atomic mass is 10.0. The number of esters is 1. The van der Waals surface area contributed by atoms with Gasteiger partial charge in [0.2, 0.25) is 11.8 Å². The molecule has 2 atom stereocenters. The van der Waals surface area contributed by atoms with E-state index in [0.717, 1.165) is 12.8 Å². The standard InChI is InChI=1S/C31H33N5O7/c1-40-26-12-6-9-23(29(26)41-2)28(30(38)32-18-22-8-7-17-43-22)36(21-15-13-20(14-16-21)31(39)42-3)27(37)19-35-25-11-5-4-10-24(25)33-34-35/h4-6,9-16,22,28H,7-8,17-19H2,1-3H3,(H,32,38)/t22-,28-/m0/s1. The van der Waals surface area contributed by atoms with Gasteiger partial charge in [0.1, 0.15) is 18.1 Å². The molecule has 5 rings (SSSR count). The van der Waals surface area contributed by atoms with Crippen LogP contribution in [0.3, 0.4) is 0 Å². The molecule has 12 heteroatoms. The highest BCUT2D eigenvalue weighted by Gasteiger charge is 2.36. The summed E-state index contributed by atoms with van der Waals surface area (Å²) in [5.74, 6) is -0.733. The van der Waals surface area contributed by atoms with Gasteiger partial charge in [-0.25, -0.2) is 9.48 Å². The molecular formula is C31H33N5O7. The van der Waals surface area contributed by atoms with E-state index < -0.39 is 23.8 Å². The Morgan fingerprint density at radius 2 is 1.81 bits per heavy atom. The van der Waals surface area contributed by atoms with Crippen LogP contribution in [-0.4, -0.2) is 73.4 Å². The van der Waals surface area contributed by atoms with Gasteiger partial charge < -0.3 is 24.3 Å². The highest BCUT2D eigenvalue weighted by Crippen LogP contribution is 2.39. The van der Waals surface area contributed by atoms with Crippen LogP contribution in [0.15, 0.2) is 66.7 Å². The van der Waals surface area contributed by atoms with Crippen molar-refractivity contribution in [1.29, 1.82) is 0 Å². The lowest BCUT2D eigenvalue weighted by Gasteiger charge is -2.33. The first-order valence-electron chi connectivity index (χ1n) is 13.8. The number of ether oxygens (including phenoxy) is 4. The van der Waals surface area contributed by atoms with Gasteiger partial charge in [0.15, 0.2) is 11.5 Å². The van der Waals surface area contributed by atoms with Crippen molar-refractivity contribution in [3.8, 4) is 11.5 Å². The molecular weight excluding hydrogens is 554 g/mol. The highest BCUT2D eigenvalue weighted by atomic mass is 16.5. The van der Waals surface area contributed by atoms with Gasteiger partial charge in [-0.15, -0.1) is 5.10 Å². The largest absolute Gasteiger partial charge is 0.493 e. The van der Waals surface area contributed by atoms with Crippen molar-refractivity contribution in [2.45, 2.75) is 31.5 Å². The second-order valence-electron chi connectivity index (χ2n) is 9.90. The number of hydrogen-bond acceptors (Lipinski definition) is 9. The van der Waals surface area contributed by atoms with Gasteiger partial charge in [-0.05, 0) is 55.3 Å². The molecule has 1 fully saturated rings. The fourth-order valence-corrected chi connectivity index (χ4v) is 5.19. The smallest absolute Gasteiger partial charge is 0.337 e. The van der Waals surface area contributed by atoms with Gasteiger partial charge >= 0.3 is 5.97 Å².